The van der Waals surface area contributed by atoms with E-state index in [0.717, 1.165) is 37.3 Å². The third-order valence-corrected chi connectivity index (χ3v) is 4.36. The van der Waals surface area contributed by atoms with Gasteiger partial charge in [0.15, 0.2) is 0 Å². The predicted octanol–water partition coefficient (Wildman–Crippen LogP) is 3.57. The third-order valence-electron chi connectivity index (χ3n) is 4.36. The number of nitrogens with zero attached hydrogens (tertiary/aromatic N) is 3. The van der Waals surface area contributed by atoms with Crippen molar-refractivity contribution in [1.29, 1.82) is 5.26 Å². The summed E-state index contributed by atoms with van der Waals surface area (Å²) in [7, 11) is 0. The van der Waals surface area contributed by atoms with Gasteiger partial charge in [0.25, 0.3) is 5.91 Å². The number of nitriles is 1. The van der Waals surface area contributed by atoms with Gasteiger partial charge in [-0.25, -0.2) is 4.98 Å². The van der Waals surface area contributed by atoms with Crippen LogP contribution in [0.4, 0.5) is 11.4 Å². The fraction of sp³-hybridized carbons (Fsp3) is 0.316. The molecule has 1 amide bonds. The molecule has 2 aromatic rings. The van der Waals surface area contributed by atoms with Gasteiger partial charge in [-0.15, -0.1) is 0 Å². The molecule has 0 bridgehead atoms. The molecule has 1 aromatic carbocycles. The van der Waals surface area contributed by atoms with Gasteiger partial charge in [0.1, 0.15) is 5.69 Å². The Hall–Kier alpha value is -2.87. The smallest absolute Gasteiger partial charge is 0.272 e. The van der Waals surface area contributed by atoms with E-state index in [1.165, 1.54) is 0 Å². The van der Waals surface area contributed by atoms with Crippen LogP contribution in [0.1, 0.15) is 35.8 Å². The van der Waals surface area contributed by atoms with Gasteiger partial charge in [-0.2, -0.15) is 5.26 Å². The van der Waals surface area contributed by atoms with Gasteiger partial charge in [0.05, 0.1) is 23.5 Å². The summed E-state index contributed by atoms with van der Waals surface area (Å²) in [4.78, 5) is 18.6. The first-order valence-electron chi connectivity index (χ1n) is 8.18. The van der Waals surface area contributed by atoms with E-state index in [9.17, 15) is 4.79 Å². The van der Waals surface area contributed by atoms with E-state index in [2.05, 4.69) is 23.3 Å². The molecule has 122 valence electrons. The van der Waals surface area contributed by atoms with E-state index in [4.69, 9.17) is 5.26 Å². The highest BCUT2D eigenvalue weighted by Crippen LogP contribution is 2.19. The van der Waals surface area contributed by atoms with E-state index >= 15 is 0 Å². The molecule has 0 unspecified atom stereocenters. The fourth-order valence-corrected chi connectivity index (χ4v) is 2.76. The Labute approximate surface area is 141 Å². The van der Waals surface area contributed by atoms with E-state index < -0.39 is 0 Å². The van der Waals surface area contributed by atoms with E-state index in [1.807, 2.05) is 23.1 Å². The van der Waals surface area contributed by atoms with Crippen molar-refractivity contribution in [3.63, 3.8) is 0 Å². The number of piperidine rings is 1. The van der Waals surface area contributed by atoms with Crippen LogP contribution in [0.5, 0.6) is 0 Å². The maximum absolute atomic E-state index is 12.5. The fourth-order valence-electron chi connectivity index (χ4n) is 2.76. The molecule has 2 heterocycles. The summed E-state index contributed by atoms with van der Waals surface area (Å²) < 4.78 is 0. The van der Waals surface area contributed by atoms with Gasteiger partial charge in [-0.05, 0) is 55.2 Å². The summed E-state index contributed by atoms with van der Waals surface area (Å²) in [5, 5.41) is 12.0. The van der Waals surface area contributed by atoms with Crippen LogP contribution in [0, 0.1) is 17.2 Å². The highest BCUT2D eigenvalue weighted by atomic mass is 16.2. The number of carbonyl (C=O) groups is 1. The third kappa shape index (κ3) is 3.72. The number of rotatable bonds is 3. The topological polar surface area (TPSA) is 69.0 Å². The second-order valence-corrected chi connectivity index (χ2v) is 6.22. The second-order valence-electron chi connectivity index (χ2n) is 6.22. The van der Waals surface area contributed by atoms with Crippen molar-refractivity contribution in [3.05, 3.63) is 53.9 Å². The van der Waals surface area contributed by atoms with Crippen molar-refractivity contribution in [2.24, 2.45) is 5.92 Å². The lowest BCUT2D eigenvalue weighted by Gasteiger charge is -2.30. The molecule has 0 radical (unpaired) electrons. The molecule has 1 aliphatic heterocycles. The average Bonchev–Trinajstić information content (AvgIpc) is 2.63. The number of benzene rings is 1. The molecule has 0 aliphatic carbocycles. The lowest BCUT2D eigenvalue weighted by Crippen LogP contribution is -2.38. The van der Waals surface area contributed by atoms with Crippen molar-refractivity contribution in [1.82, 2.24) is 9.88 Å². The first-order valence-corrected chi connectivity index (χ1v) is 8.18. The van der Waals surface area contributed by atoms with Crippen LogP contribution >= 0.6 is 0 Å². The van der Waals surface area contributed by atoms with Crippen molar-refractivity contribution < 1.29 is 4.79 Å². The summed E-state index contributed by atoms with van der Waals surface area (Å²) in [6.07, 6.45) is 3.78. The van der Waals surface area contributed by atoms with Crippen molar-refractivity contribution in [3.8, 4) is 6.07 Å². The number of aromatic nitrogens is 1. The van der Waals surface area contributed by atoms with Crippen molar-refractivity contribution >= 4 is 17.3 Å². The first kappa shape index (κ1) is 16.0. The Morgan fingerprint density at radius 1 is 1.17 bits per heavy atom. The molecule has 1 saturated heterocycles. The molecule has 0 atom stereocenters. The van der Waals surface area contributed by atoms with Crippen molar-refractivity contribution in [2.45, 2.75) is 19.8 Å². The van der Waals surface area contributed by atoms with E-state index in [0.29, 0.717) is 17.2 Å². The summed E-state index contributed by atoms with van der Waals surface area (Å²) in [5.41, 5.74) is 2.79. The molecule has 5 heteroatoms. The minimum absolute atomic E-state index is 0.00632. The van der Waals surface area contributed by atoms with Gasteiger partial charge in [0, 0.05) is 18.8 Å². The largest absolute Gasteiger partial charge is 0.354 e. The standard InChI is InChI=1S/C19H20N4O/c1-14-8-10-23(11-9-14)19(24)18-7-6-17(13-21-18)22-16-4-2-15(12-20)3-5-16/h2-7,13-14,22H,8-11H2,1H3. The molecule has 1 aliphatic rings. The number of pyridine rings is 1. The number of hydrogen-bond acceptors (Lipinski definition) is 4. The quantitative estimate of drug-likeness (QED) is 0.938. The molecule has 0 spiro atoms. The molecule has 1 N–H and O–H groups in total. The predicted molar refractivity (Wildman–Crippen MR) is 93.0 cm³/mol. The Kier molecular flexibility index (Phi) is 4.76. The van der Waals surface area contributed by atoms with Crippen LogP contribution in [-0.4, -0.2) is 28.9 Å². The molecule has 3 rings (SSSR count). The number of nitrogens with one attached hydrogen (secondary N) is 1. The SMILES string of the molecule is CC1CCN(C(=O)c2ccc(Nc3ccc(C#N)cc3)cn2)CC1. The maximum atomic E-state index is 12.5. The molecule has 5 nitrogen and oxygen atoms in total. The number of likely N-dealkylation sites (tertiary alicyclic amines) is 1. The van der Waals surface area contributed by atoms with Crippen LogP contribution < -0.4 is 5.32 Å². The Balaban J connectivity index is 1.64. The lowest BCUT2D eigenvalue weighted by molar-refractivity contribution is 0.0691. The number of anilines is 2. The molecular weight excluding hydrogens is 300 g/mol. The number of carbonyl (C=O) groups excluding carboxylic acids is 1. The minimum atomic E-state index is 0.00632. The summed E-state index contributed by atoms with van der Waals surface area (Å²) in [6, 6.07) is 12.9. The molecule has 1 fully saturated rings. The Morgan fingerprint density at radius 2 is 1.83 bits per heavy atom. The zero-order valence-electron chi connectivity index (χ0n) is 13.7. The Morgan fingerprint density at radius 3 is 2.42 bits per heavy atom. The van der Waals surface area contributed by atoms with Crippen LogP contribution in [0.15, 0.2) is 42.6 Å². The molecule has 0 saturated carbocycles. The van der Waals surface area contributed by atoms with Crippen LogP contribution in [-0.2, 0) is 0 Å². The van der Waals surface area contributed by atoms with E-state index in [1.54, 1.807) is 24.4 Å². The van der Waals surface area contributed by atoms with Crippen LogP contribution in [0.25, 0.3) is 0 Å². The minimum Gasteiger partial charge on any atom is -0.354 e. The normalized spacial score (nSPS) is 14.9. The van der Waals surface area contributed by atoms with E-state index in [-0.39, 0.29) is 5.91 Å². The zero-order valence-corrected chi connectivity index (χ0v) is 13.7. The van der Waals surface area contributed by atoms with Gasteiger partial charge in [-0.3, -0.25) is 4.79 Å². The second kappa shape index (κ2) is 7.14. The van der Waals surface area contributed by atoms with Gasteiger partial charge < -0.3 is 10.2 Å². The number of amides is 1. The summed E-state index contributed by atoms with van der Waals surface area (Å²) >= 11 is 0. The molecular formula is C19H20N4O. The van der Waals surface area contributed by atoms with Gasteiger partial charge in [0.2, 0.25) is 0 Å². The highest BCUT2D eigenvalue weighted by molar-refractivity contribution is 5.92. The molecule has 1 aromatic heterocycles. The van der Waals surface area contributed by atoms with Crippen molar-refractivity contribution in [2.75, 3.05) is 18.4 Å². The Bertz CT molecular complexity index is 738. The lowest BCUT2D eigenvalue weighted by atomic mass is 9.99. The monoisotopic (exact) mass is 320 g/mol. The molecule has 24 heavy (non-hydrogen) atoms. The van der Waals surface area contributed by atoms with Crippen LogP contribution in [0.2, 0.25) is 0 Å². The average molecular weight is 320 g/mol. The van der Waals surface area contributed by atoms with Gasteiger partial charge in [-0.1, -0.05) is 6.92 Å². The number of hydrogen-bond donors (Lipinski definition) is 1. The first-order chi connectivity index (χ1) is 11.7. The maximum Gasteiger partial charge on any atom is 0.272 e. The van der Waals surface area contributed by atoms with Gasteiger partial charge >= 0.3 is 0 Å². The zero-order chi connectivity index (χ0) is 16.9. The van der Waals surface area contributed by atoms with Crippen LogP contribution in [0.3, 0.4) is 0 Å². The summed E-state index contributed by atoms with van der Waals surface area (Å²) in [6.45, 7) is 3.85. The summed E-state index contributed by atoms with van der Waals surface area (Å²) in [5.74, 6) is 0.702. The highest BCUT2D eigenvalue weighted by Gasteiger charge is 2.22.